The number of nitrogens with zero attached hydrogens (tertiary/aromatic N) is 2. The molecule has 3 rings (SSSR count). The number of carbonyl (C=O) groups excluding carboxylic acids is 2. The number of hydrogen-bond acceptors (Lipinski definition) is 6. The van der Waals surface area contributed by atoms with Crippen molar-refractivity contribution in [3.8, 4) is 0 Å². The summed E-state index contributed by atoms with van der Waals surface area (Å²) in [6, 6.07) is 8.53. The molecule has 26 heavy (non-hydrogen) atoms. The molecule has 132 valence electrons. The first-order valence-corrected chi connectivity index (χ1v) is 8.17. The molecule has 1 aromatic carbocycles. The first-order chi connectivity index (χ1) is 12.5. The molecule has 0 unspecified atom stereocenters. The van der Waals surface area contributed by atoms with Crippen LogP contribution >= 0.6 is 11.8 Å². The highest BCUT2D eigenvalue weighted by atomic mass is 32.2. The predicted octanol–water partition coefficient (Wildman–Crippen LogP) is 4.12. The first-order valence-electron chi connectivity index (χ1n) is 7.35. The van der Waals surface area contributed by atoms with Crippen molar-refractivity contribution in [2.24, 2.45) is 0 Å². The van der Waals surface area contributed by atoms with Crippen LogP contribution in [0.1, 0.15) is 11.3 Å². The van der Waals surface area contributed by atoms with Gasteiger partial charge in [-0.25, -0.2) is 4.39 Å². The van der Waals surface area contributed by atoms with Crippen molar-refractivity contribution < 1.29 is 23.3 Å². The molecule has 0 atom stereocenters. The zero-order valence-electron chi connectivity index (χ0n) is 13.1. The SMILES string of the molecule is O=C1S/C(=C\C=C\c2ccc([N+](=O)[O-])o2)C(=O)N1Cc1ccccc1F. The maximum Gasteiger partial charge on any atom is 0.433 e. The molecule has 0 bridgehead atoms. The summed E-state index contributed by atoms with van der Waals surface area (Å²) in [6.45, 7) is -0.150. The topological polar surface area (TPSA) is 93.7 Å². The van der Waals surface area contributed by atoms with Crippen molar-refractivity contribution in [1.29, 1.82) is 0 Å². The smallest absolute Gasteiger partial charge is 0.401 e. The third-order valence-corrected chi connectivity index (χ3v) is 4.39. The second-order valence-electron chi connectivity index (χ2n) is 5.17. The van der Waals surface area contributed by atoms with E-state index in [9.17, 15) is 24.1 Å². The van der Waals surface area contributed by atoms with Gasteiger partial charge in [0.1, 0.15) is 16.5 Å². The van der Waals surface area contributed by atoms with Gasteiger partial charge in [-0.05, 0) is 36.0 Å². The maximum atomic E-state index is 13.7. The molecule has 0 radical (unpaired) electrons. The summed E-state index contributed by atoms with van der Waals surface area (Å²) < 4.78 is 18.6. The molecule has 1 aliphatic rings. The normalized spacial score (nSPS) is 16.2. The molecule has 2 amide bonds. The van der Waals surface area contributed by atoms with Gasteiger partial charge < -0.3 is 4.42 Å². The molecule has 2 aromatic rings. The fraction of sp³-hybridized carbons (Fsp3) is 0.0588. The second kappa shape index (κ2) is 7.36. The molecule has 0 saturated carbocycles. The molecular weight excluding hydrogens is 363 g/mol. The second-order valence-corrected chi connectivity index (χ2v) is 6.17. The van der Waals surface area contributed by atoms with E-state index in [1.165, 1.54) is 48.6 Å². The number of amides is 2. The molecule has 0 N–H and O–H groups in total. The number of rotatable bonds is 5. The predicted molar refractivity (Wildman–Crippen MR) is 92.4 cm³/mol. The molecule has 1 fully saturated rings. The van der Waals surface area contributed by atoms with Gasteiger partial charge in [0.15, 0.2) is 0 Å². The molecule has 1 saturated heterocycles. The Morgan fingerprint density at radius 2 is 2.00 bits per heavy atom. The number of thioether (sulfide) groups is 1. The fourth-order valence-corrected chi connectivity index (χ4v) is 3.00. The summed E-state index contributed by atoms with van der Waals surface area (Å²) in [5.74, 6) is -1.18. The highest BCUT2D eigenvalue weighted by Gasteiger charge is 2.35. The third kappa shape index (κ3) is 3.72. The van der Waals surface area contributed by atoms with Crippen LogP contribution in [0, 0.1) is 15.9 Å². The highest BCUT2D eigenvalue weighted by molar-refractivity contribution is 8.18. The van der Waals surface area contributed by atoms with Crippen molar-refractivity contribution in [3.05, 3.63) is 80.7 Å². The van der Waals surface area contributed by atoms with Crippen molar-refractivity contribution in [2.45, 2.75) is 6.54 Å². The van der Waals surface area contributed by atoms with Crippen LogP contribution in [0.25, 0.3) is 6.08 Å². The first kappa shape index (κ1) is 17.6. The summed E-state index contributed by atoms with van der Waals surface area (Å²) in [7, 11) is 0. The number of nitro groups is 1. The Morgan fingerprint density at radius 1 is 1.23 bits per heavy atom. The van der Waals surface area contributed by atoms with Crippen LogP contribution in [-0.4, -0.2) is 21.0 Å². The van der Waals surface area contributed by atoms with E-state index in [4.69, 9.17) is 4.42 Å². The Kier molecular flexibility index (Phi) is 4.99. The lowest BCUT2D eigenvalue weighted by Gasteiger charge is -2.12. The number of carbonyl (C=O) groups is 2. The van der Waals surface area contributed by atoms with Crippen molar-refractivity contribution in [3.63, 3.8) is 0 Å². The minimum atomic E-state index is -0.661. The number of allylic oxidation sites excluding steroid dienone is 2. The van der Waals surface area contributed by atoms with Gasteiger partial charge in [0, 0.05) is 5.56 Å². The zero-order valence-corrected chi connectivity index (χ0v) is 13.9. The minimum absolute atomic E-state index is 0.150. The van der Waals surface area contributed by atoms with E-state index >= 15 is 0 Å². The Balaban J connectivity index is 1.71. The summed E-state index contributed by atoms with van der Waals surface area (Å²) in [6.07, 6.45) is 4.28. The van der Waals surface area contributed by atoms with E-state index in [0.29, 0.717) is 0 Å². The van der Waals surface area contributed by atoms with Crippen molar-refractivity contribution >= 4 is 34.9 Å². The Labute approximate surface area is 150 Å². The monoisotopic (exact) mass is 374 g/mol. The van der Waals surface area contributed by atoms with E-state index in [2.05, 4.69) is 0 Å². The standard InChI is InChI=1S/C17H11FN2O5S/c18-13-6-2-1-4-11(13)10-19-16(21)14(26-17(19)22)7-3-5-12-8-9-15(25-12)20(23)24/h1-9H,10H2/b5-3+,14-7-. The van der Waals surface area contributed by atoms with Gasteiger partial charge >= 0.3 is 5.88 Å². The van der Waals surface area contributed by atoms with Gasteiger partial charge in [-0.2, -0.15) is 0 Å². The van der Waals surface area contributed by atoms with E-state index in [1.807, 2.05) is 0 Å². The minimum Gasteiger partial charge on any atom is -0.401 e. The van der Waals surface area contributed by atoms with E-state index < -0.39 is 27.8 Å². The van der Waals surface area contributed by atoms with Crippen LogP contribution in [0.5, 0.6) is 0 Å². The number of furan rings is 1. The van der Waals surface area contributed by atoms with E-state index in [1.54, 1.807) is 6.07 Å². The van der Waals surface area contributed by atoms with Crippen molar-refractivity contribution in [2.75, 3.05) is 0 Å². The number of imide groups is 1. The highest BCUT2D eigenvalue weighted by Crippen LogP contribution is 2.32. The van der Waals surface area contributed by atoms with Gasteiger partial charge in [-0.3, -0.25) is 24.6 Å². The van der Waals surface area contributed by atoms with Gasteiger partial charge in [0.2, 0.25) is 0 Å². The maximum absolute atomic E-state index is 13.7. The van der Waals surface area contributed by atoms with E-state index in [0.717, 1.165) is 16.7 Å². The quantitative estimate of drug-likeness (QED) is 0.444. The average molecular weight is 374 g/mol. The number of benzene rings is 1. The van der Waals surface area contributed by atoms with Crippen LogP contribution in [0.3, 0.4) is 0 Å². The lowest BCUT2D eigenvalue weighted by atomic mass is 10.2. The average Bonchev–Trinajstić information content (AvgIpc) is 3.17. The van der Waals surface area contributed by atoms with E-state index in [-0.39, 0.29) is 22.8 Å². The third-order valence-electron chi connectivity index (χ3n) is 3.46. The lowest BCUT2D eigenvalue weighted by Crippen LogP contribution is -2.27. The molecule has 1 aliphatic heterocycles. The van der Waals surface area contributed by atoms with Crippen LogP contribution in [0.15, 0.2) is 57.9 Å². The number of halogens is 1. The zero-order chi connectivity index (χ0) is 18.7. The fourth-order valence-electron chi connectivity index (χ4n) is 2.21. The summed E-state index contributed by atoms with van der Waals surface area (Å²) in [5, 5.41) is 10.1. The molecule has 7 nitrogen and oxygen atoms in total. The molecule has 0 spiro atoms. The Hall–Kier alpha value is -3.20. The van der Waals surface area contributed by atoms with Gasteiger partial charge in [-0.15, -0.1) is 0 Å². The molecular formula is C17H11FN2O5S. The molecule has 0 aliphatic carbocycles. The summed E-state index contributed by atoms with van der Waals surface area (Å²) in [4.78, 5) is 35.3. The van der Waals surface area contributed by atoms with Gasteiger partial charge in [0.25, 0.3) is 11.1 Å². The Morgan fingerprint density at radius 3 is 2.69 bits per heavy atom. The Bertz CT molecular complexity index is 950. The summed E-state index contributed by atoms with van der Waals surface area (Å²) in [5.41, 5.74) is 0.245. The lowest BCUT2D eigenvalue weighted by molar-refractivity contribution is -0.402. The molecule has 2 heterocycles. The van der Waals surface area contributed by atoms with Gasteiger partial charge in [-0.1, -0.05) is 24.3 Å². The van der Waals surface area contributed by atoms with Gasteiger partial charge in [0.05, 0.1) is 17.5 Å². The van der Waals surface area contributed by atoms with Crippen LogP contribution < -0.4 is 0 Å². The molecule has 1 aromatic heterocycles. The summed E-state index contributed by atoms with van der Waals surface area (Å²) >= 11 is 0.738. The largest absolute Gasteiger partial charge is 0.433 e. The van der Waals surface area contributed by atoms with Crippen LogP contribution in [0.4, 0.5) is 15.1 Å². The van der Waals surface area contributed by atoms with Crippen molar-refractivity contribution in [1.82, 2.24) is 4.90 Å². The van der Waals surface area contributed by atoms with Crippen LogP contribution in [0.2, 0.25) is 0 Å². The number of hydrogen-bond donors (Lipinski definition) is 0. The van der Waals surface area contributed by atoms with Crippen LogP contribution in [-0.2, 0) is 11.3 Å². The molecule has 9 heteroatoms.